The van der Waals surface area contributed by atoms with Crippen molar-refractivity contribution >= 4 is 22.8 Å². The van der Waals surface area contributed by atoms with Gasteiger partial charge in [-0.25, -0.2) is 9.78 Å². The predicted molar refractivity (Wildman–Crippen MR) is 74.6 cm³/mol. The van der Waals surface area contributed by atoms with Gasteiger partial charge in [0.25, 0.3) is 0 Å². The van der Waals surface area contributed by atoms with Crippen LogP contribution >= 0.6 is 0 Å². The molecule has 3 N–H and O–H groups in total. The number of hydrogen-bond acceptors (Lipinski definition) is 4. The summed E-state index contributed by atoms with van der Waals surface area (Å²) in [6.07, 6.45) is 0.539. The fourth-order valence-electron chi connectivity index (χ4n) is 1.99. The molecule has 0 atom stereocenters. The number of nitrogens with zero attached hydrogens (tertiary/aromatic N) is 1. The lowest BCUT2D eigenvalue weighted by Gasteiger charge is -1.97. The SMILES string of the molecule is Nc1ccc(Cc2nc3cc(C(=O)O)ccc3o2)cc1. The van der Waals surface area contributed by atoms with E-state index in [1.54, 1.807) is 6.07 Å². The van der Waals surface area contributed by atoms with Crippen molar-refractivity contribution in [2.24, 2.45) is 0 Å². The van der Waals surface area contributed by atoms with Gasteiger partial charge in [-0.1, -0.05) is 12.1 Å². The van der Waals surface area contributed by atoms with Crippen molar-refractivity contribution < 1.29 is 14.3 Å². The smallest absolute Gasteiger partial charge is 0.335 e. The summed E-state index contributed by atoms with van der Waals surface area (Å²) in [5, 5.41) is 8.94. The minimum atomic E-state index is -0.977. The van der Waals surface area contributed by atoms with E-state index < -0.39 is 5.97 Å². The summed E-state index contributed by atoms with van der Waals surface area (Å²) in [5.74, 6) is -0.428. The molecule has 0 saturated carbocycles. The van der Waals surface area contributed by atoms with E-state index >= 15 is 0 Å². The van der Waals surface area contributed by atoms with Gasteiger partial charge in [0.2, 0.25) is 0 Å². The topological polar surface area (TPSA) is 89.3 Å². The quantitative estimate of drug-likeness (QED) is 0.713. The van der Waals surface area contributed by atoms with E-state index in [4.69, 9.17) is 15.3 Å². The van der Waals surface area contributed by atoms with Crippen molar-refractivity contribution in [2.45, 2.75) is 6.42 Å². The van der Waals surface area contributed by atoms with Crippen LogP contribution in [0.5, 0.6) is 0 Å². The Labute approximate surface area is 114 Å². The van der Waals surface area contributed by atoms with Gasteiger partial charge in [-0.3, -0.25) is 0 Å². The molecule has 2 aromatic carbocycles. The van der Waals surface area contributed by atoms with Crippen LogP contribution in [-0.2, 0) is 6.42 Å². The molecule has 5 heteroatoms. The molecule has 1 heterocycles. The van der Waals surface area contributed by atoms with Gasteiger partial charge in [0.15, 0.2) is 11.5 Å². The van der Waals surface area contributed by atoms with E-state index in [1.165, 1.54) is 12.1 Å². The third kappa shape index (κ3) is 2.33. The van der Waals surface area contributed by atoms with Crippen LogP contribution in [0.25, 0.3) is 11.1 Å². The van der Waals surface area contributed by atoms with E-state index in [0.717, 1.165) is 5.56 Å². The number of carboxylic acids is 1. The number of hydrogen-bond donors (Lipinski definition) is 2. The lowest BCUT2D eigenvalue weighted by atomic mass is 10.1. The van der Waals surface area contributed by atoms with E-state index in [1.807, 2.05) is 24.3 Å². The van der Waals surface area contributed by atoms with Crippen LogP contribution in [0.4, 0.5) is 5.69 Å². The van der Waals surface area contributed by atoms with E-state index in [0.29, 0.717) is 29.1 Å². The Kier molecular flexibility index (Phi) is 2.87. The monoisotopic (exact) mass is 268 g/mol. The van der Waals surface area contributed by atoms with Crippen molar-refractivity contribution in [1.82, 2.24) is 4.98 Å². The van der Waals surface area contributed by atoms with Crippen molar-refractivity contribution in [3.8, 4) is 0 Å². The van der Waals surface area contributed by atoms with Crippen LogP contribution in [-0.4, -0.2) is 16.1 Å². The summed E-state index contributed by atoms with van der Waals surface area (Å²) in [6.45, 7) is 0. The van der Waals surface area contributed by atoms with Gasteiger partial charge < -0.3 is 15.3 Å². The number of fused-ring (bicyclic) bond motifs is 1. The van der Waals surface area contributed by atoms with Crippen LogP contribution in [0.2, 0.25) is 0 Å². The molecule has 0 bridgehead atoms. The minimum Gasteiger partial charge on any atom is -0.478 e. The van der Waals surface area contributed by atoms with Crippen molar-refractivity contribution in [2.75, 3.05) is 5.73 Å². The van der Waals surface area contributed by atoms with Crippen molar-refractivity contribution in [3.05, 3.63) is 59.5 Å². The second-order valence-corrected chi connectivity index (χ2v) is 4.51. The lowest BCUT2D eigenvalue weighted by molar-refractivity contribution is 0.0697. The third-order valence-electron chi connectivity index (χ3n) is 3.01. The fourth-order valence-corrected chi connectivity index (χ4v) is 1.99. The maximum atomic E-state index is 10.9. The normalized spacial score (nSPS) is 10.8. The first-order chi connectivity index (χ1) is 9.61. The predicted octanol–water partition coefficient (Wildman–Crippen LogP) is 2.70. The second-order valence-electron chi connectivity index (χ2n) is 4.51. The molecule has 5 nitrogen and oxygen atoms in total. The summed E-state index contributed by atoms with van der Waals surface area (Å²) in [7, 11) is 0. The van der Waals surface area contributed by atoms with Crippen molar-refractivity contribution in [3.63, 3.8) is 0 Å². The molecule has 20 heavy (non-hydrogen) atoms. The highest BCUT2D eigenvalue weighted by Gasteiger charge is 2.10. The molecule has 0 fully saturated rings. The van der Waals surface area contributed by atoms with Crippen LogP contribution in [0.15, 0.2) is 46.9 Å². The highest BCUT2D eigenvalue weighted by atomic mass is 16.4. The first-order valence-electron chi connectivity index (χ1n) is 6.09. The molecule has 0 aliphatic heterocycles. The van der Waals surface area contributed by atoms with Crippen molar-refractivity contribution in [1.29, 1.82) is 0 Å². The van der Waals surface area contributed by atoms with Crippen LogP contribution in [0.1, 0.15) is 21.8 Å². The van der Waals surface area contributed by atoms with E-state index in [2.05, 4.69) is 4.98 Å². The number of aromatic carboxylic acids is 1. The zero-order valence-electron chi connectivity index (χ0n) is 10.5. The lowest BCUT2D eigenvalue weighted by Crippen LogP contribution is -1.94. The average Bonchev–Trinajstić information content (AvgIpc) is 2.82. The molecular weight excluding hydrogens is 256 g/mol. The van der Waals surface area contributed by atoms with Gasteiger partial charge in [0.1, 0.15) is 5.52 Å². The number of aromatic nitrogens is 1. The minimum absolute atomic E-state index is 0.199. The second kappa shape index (κ2) is 4.70. The van der Waals surface area contributed by atoms with Gasteiger partial charge in [-0.2, -0.15) is 0 Å². The molecule has 0 unspecified atom stereocenters. The molecule has 3 rings (SSSR count). The molecule has 0 amide bonds. The molecule has 100 valence electrons. The zero-order valence-corrected chi connectivity index (χ0v) is 10.5. The molecule has 1 aromatic heterocycles. The molecule has 0 spiro atoms. The number of oxazole rings is 1. The Balaban J connectivity index is 1.92. The largest absolute Gasteiger partial charge is 0.478 e. The molecule has 0 aliphatic carbocycles. The molecule has 0 radical (unpaired) electrons. The molecule has 0 saturated heterocycles. The molecular formula is C15H12N2O3. The molecule has 3 aromatic rings. The van der Waals surface area contributed by atoms with Gasteiger partial charge in [0, 0.05) is 12.1 Å². The van der Waals surface area contributed by atoms with Crippen LogP contribution in [0.3, 0.4) is 0 Å². The maximum absolute atomic E-state index is 10.9. The Hall–Kier alpha value is -2.82. The molecule has 0 aliphatic rings. The van der Waals surface area contributed by atoms with Crippen LogP contribution in [0, 0.1) is 0 Å². The summed E-state index contributed by atoms with van der Waals surface area (Å²) in [4.78, 5) is 15.2. The number of nitrogen functional groups attached to an aromatic ring is 1. The summed E-state index contributed by atoms with van der Waals surface area (Å²) < 4.78 is 5.60. The first-order valence-corrected chi connectivity index (χ1v) is 6.09. The first kappa shape index (κ1) is 12.2. The highest BCUT2D eigenvalue weighted by molar-refractivity contribution is 5.91. The average molecular weight is 268 g/mol. The Morgan fingerprint density at radius 3 is 2.65 bits per heavy atom. The number of anilines is 1. The van der Waals surface area contributed by atoms with Gasteiger partial charge in [-0.15, -0.1) is 0 Å². The fraction of sp³-hybridized carbons (Fsp3) is 0.0667. The van der Waals surface area contributed by atoms with Gasteiger partial charge >= 0.3 is 5.97 Å². The van der Waals surface area contributed by atoms with Gasteiger partial charge in [0.05, 0.1) is 5.56 Å². The summed E-state index contributed by atoms with van der Waals surface area (Å²) >= 11 is 0. The van der Waals surface area contributed by atoms with E-state index in [9.17, 15) is 4.79 Å². The highest BCUT2D eigenvalue weighted by Crippen LogP contribution is 2.19. The number of benzene rings is 2. The standard InChI is InChI=1S/C15H12N2O3/c16-11-4-1-9(2-5-11)7-14-17-12-8-10(15(18)19)3-6-13(12)20-14/h1-6,8H,7,16H2,(H,18,19). The number of nitrogens with two attached hydrogens (primary N) is 1. The maximum Gasteiger partial charge on any atom is 0.335 e. The third-order valence-corrected chi connectivity index (χ3v) is 3.01. The Morgan fingerprint density at radius 2 is 1.95 bits per heavy atom. The number of carboxylic acid groups (broad SMARTS) is 1. The van der Waals surface area contributed by atoms with E-state index in [-0.39, 0.29) is 5.56 Å². The Morgan fingerprint density at radius 1 is 1.20 bits per heavy atom. The summed E-state index contributed by atoms with van der Waals surface area (Å²) in [6, 6.07) is 12.1. The number of carbonyl (C=O) groups is 1. The number of rotatable bonds is 3. The van der Waals surface area contributed by atoms with Gasteiger partial charge in [-0.05, 0) is 35.9 Å². The zero-order chi connectivity index (χ0) is 14.1. The summed E-state index contributed by atoms with van der Waals surface area (Å²) in [5.41, 5.74) is 8.70. The van der Waals surface area contributed by atoms with Crippen LogP contribution < -0.4 is 5.73 Å². The Bertz CT molecular complexity index is 775.